The number of halogens is 2. The Kier molecular flexibility index (Phi) is 6.67. The molecule has 1 heterocycles. The second kappa shape index (κ2) is 8.35. The predicted molar refractivity (Wildman–Crippen MR) is 97.8 cm³/mol. The van der Waals surface area contributed by atoms with E-state index in [4.69, 9.17) is 23.2 Å². The summed E-state index contributed by atoms with van der Waals surface area (Å²) in [5, 5.41) is 5.23. The molecule has 1 aromatic rings. The van der Waals surface area contributed by atoms with Crippen LogP contribution in [0, 0.1) is 0 Å². The van der Waals surface area contributed by atoms with Gasteiger partial charge in [-0.2, -0.15) is 0 Å². The molecule has 1 saturated heterocycles. The van der Waals surface area contributed by atoms with Gasteiger partial charge in [0.15, 0.2) is 9.84 Å². The SMILES string of the molecule is CN(CC(=O)Nc1ccc(Cl)cc1)CC(=O)N[C@@H]1CS(=O)(=O)C[C@@H]1Cl. The number of benzene rings is 1. The summed E-state index contributed by atoms with van der Waals surface area (Å²) in [5.74, 6) is -0.960. The number of hydrogen-bond donors (Lipinski definition) is 2. The minimum absolute atomic E-state index is 0.00329. The lowest BCUT2D eigenvalue weighted by Gasteiger charge is -2.19. The van der Waals surface area contributed by atoms with Crippen LogP contribution in [0.15, 0.2) is 24.3 Å². The van der Waals surface area contributed by atoms with Crippen LogP contribution in [0.1, 0.15) is 0 Å². The fourth-order valence-corrected chi connectivity index (χ4v) is 5.15. The first kappa shape index (κ1) is 20.0. The molecular formula is C15H19Cl2N3O4S. The van der Waals surface area contributed by atoms with Crippen LogP contribution in [0.25, 0.3) is 0 Å². The molecule has 25 heavy (non-hydrogen) atoms. The predicted octanol–water partition coefficient (Wildman–Crippen LogP) is 0.731. The maximum absolute atomic E-state index is 12.0. The third-order valence-corrected chi connectivity index (χ3v) is 6.21. The van der Waals surface area contributed by atoms with Crippen molar-refractivity contribution in [3.8, 4) is 0 Å². The highest BCUT2D eigenvalue weighted by molar-refractivity contribution is 7.91. The number of carbonyl (C=O) groups is 2. The first-order valence-corrected chi connectivity index (χ1v) is 10.2. The number of carbonyl (C=O) groups excluding carboxylic acids is 2. The van der Waals surface area contributed by atoms with Crippen molar-refractivity contribution in [2.45, 2.75) is 11.4 Å². The molecule has 0 unspecified atom stereocenters. The van der Waals surface area contributed by atoms with Gasteiger partial charge in [0.05, 0.1) is 36.0 Å². The first-order valence-electron chi connectivity index (χ1n) is 7.52. The summed E-state index contributed by atoms with van der Waals surface area (Å²) >= 11 is 11.7. The van der Waals surface area contributed by atoms with Crippen molar-refractivity contribution in [3.63, 3.8) is 0 Å². The highest BCUT2D eigenvalue weighted by atomic mass is 35.5. The van der Waals surface area contributed by atoms with Crippen molar-refractivity contribution in [2.75, 3.05) is 37.0 Å². The Balaban J connectivity index is 1.77. The minimum Gasteiger partial charge on any atom is -0.350 e. The van der Waals surface area contributed by atoms with Crippen LogP contribution in [-0.2, 0) is 19.4 Å². The van der Waals surface area contributed by atoms with Gasteiger partial charge in [-0.25, -0.2) is 8.42 Å². The number of hydrogen-bond acceptors (Lipinski definition) is 5. The quantitative estimate of drug-likeness (QED) is 0.677. The number of nitrogens with one attached hydrogen (secondary N) is 2. The molecule has 138 valence electrons. The molecule has 10 heteroatoms. The fraction of sp³-hybridized carbons (Fsp3) is 0.467. The van der Waals surface area contributed by atoms with Crippen molar-refractivity contribution >= 4 is 50.5 Å². The average molecular weight is 408 g/mol. The summed E-state index contributed by atoms with van der Waals surface area (Å²) in [5.41, 5.74) is 0.605. The van der Waals surface area contributed by atoms with Crippen LogP contribution in [0.3, 0.4) is 0 Å². The normalized spacial score (nSPS) is 21.9. The maximum atomic E-state index is 12.0. The van der Waals surface area contributed by atoms with Crippen LogP contribution >= 0.6 is 23.2 Å². The van der Waals surface area contributed by atoms with Gasteiger partial charge in [-0.15, -0.1) is 11.6 Å². The molecule has 2 N–H and O–H groups in total. The number of nitrogens with zero attached hydrogens (tertiary/aromatic N) is 1. The van der Waals surface area contributed by atoms with Crippen molar-refractivity contribution in [3.05, 3.63) is 29.3 Å². The number of likely N-dealkylation sites (N-methyl/N-ethyl adjacent to an activating group) is 1. The molecule has 2 atom stereocenters. The maximum Gasteiger partial charge on any atom is 0.238 e. The molecule has 0 aromatic heterocycles. The smallest absolute Gasteiger partial charge is 0.238 e. The summed E-state index contributed by atoms with van der Waals surface area (Å²) in [6, 6.07) is 6.07. The highest BCUT2D eigenvalue weighted by Crippen LogP contribution is 2.18. The molecule has 0 bridgehead atoms. The summed E-state index contributed by atoms with van der Waals surface area (Å²) in [4.78, 5) is 25.5. The second-order valence-corrected chi connectivity index (χ2v) is 9.15. The zero-order chi connectivity index (χ0) is 18.6. The van der Waals surface area contributed by atoms with Crippen LogP contribution in [-0.4, -0.2) is 68.2 Å². The molecule has 1 aliphatic heterocycles. The van der Waals surface area contributed by atoms with Crippen LogP contribution in [0.2, 0.25) is 5.02 Å². The van der Waals surface area contributed by atoms with Gasteiger partial charge in [0.2, 0.25) is 11.8 Å². The minimum atomic E-state index is -3.21. The lowest BCUT2D eigenvalue weighted by Crippen LogP contribution is -2.46. The molecule has 2 rings (SSSR count). The second-order valence-electron chi connectivity index (χ2n) is 5.99. The van der Waals surface area contributed by atoms with Gasteiger partial charge in [0.1, 0.15) is 0 Å². The zero-order valence-corrected chi connectivity index (χ0v) is 15.9. The summed E-state index contributed by atoms with van der Waals surface area (Å²) in [6.45, 7) is -0.0441. The third kappa shape index (κ3) is 6.47. The van der Waals surface area contributed by atoms with Crippen molar-refractivity contribution in [1.29, 1.82) is 0 Å². The van der Waals surface area contributed by atoms with E-state index in [9.17, 15) is 18.0 Å². The zero-order valence-electron chi connectivity index (χ0n) is 13.5. The average Bonchev–Trinajstić information content (AvgIpc) is 2.73. The van der Waals surface area contributed by atoms with Gasteiger partial charge in [0.25, 0.3) is 0 Å². The Bertz CT molecular complexity index is 740. The van der Waals surface area contributed by atoms with Gasteiger partial charge >= 0.3 is 0 Å². The number of alkyl halides is 1. The molecule has 0 aliphatic carbocycles. The lowest BCUT2D eigenvalue weighted by atomic mass is 10.2. The molecular weight excluding hydrogens is 389 g/mol. The van der Waals surface area contributed by atoms with Crippen LogP contribution in [0.4, 0.5) is 5.69 Å². The van der Waals surface area contributed by atoms with Crippen molar-refractivity contribution in [1.82, 2.24) is 10.2 Å². The van der Waals surface area contributed by atoms with E-state index in [2.05, 4.69) is 10.6 Å². The Hall–Kier alpha value is -1.35. The Morgan fingerprint density at radius 3 is 2.32 bits per heavy atom. The van der Waals surface area contributed by atoms with Gasteiger partial charge in [-0.1, -0.05) is 11.6 Å². The van der Waals surface area contributed by atoms with E-state index in [-0.39, 0.29) is 36.4 Å². The number of sulfone groups is 1. The first-order chi connectivity index (χ1) is 11.6. The monoisotopic (exact) mass is 407 g/mol. The van der Waals surface area contributed by atoms with Crippen molar-refractivity contribution < 1.29 is 18.0 Å². The van der Waals surface area contributed by atoms with Gasteiger partial charge in [-0.05, 0) is 31.3 Å². The molecule has 1 aromatic carbocycles. The van der Waals surface area contributed by atoms with E-state index in [0.29, 0.717) is 10.7 Å². The van der Waals surface area contributed by atoms with E-state index in [0.717, 1.165) is 0 Å². The highest BCUT2D eigenvalue weighted by Gasteiger charge is 2.37. The molecule has 0 saturated carbocycles. The Morgan fingerprint density at radius 1 is 1.16 bits per heavy atom. The summed E-state index contributed by atoms with van der Waals surface area (Å²) < 4.78 is 23.0. The Morgan fingerprint density at radius 2 is 1.76 bits per heavy atom. The number of anilines is 1. The lowest BCUT2D eigenvalue weighted by molar-refractivity contribution is -0.123. The van der Waals surface area contributed by atoms with E-state index in [1.165, 1.54) is 4.90 Å². The topological polar surface area (TPSA) is 95.6 Å². The van der Waals surface area contributed by atoms with E-state index in [1.54, 1.807) is 31.3 Å². The van der Waals surface area contributed by atoms with Gasteiger partial charge in [0, 0.05) is 10.7 Å². The van der Waals surface area contributed by atoms with Crippen LogP contribution < -0.4 is 10.6 Å². The summed E-state index contributed by atoms with van der Waals surface area (Å²) in [7, 11) is -1.59. The van der Waals surface area contributed by atoms with E-state index < -0.39 is 21.3 Å². The molecule has 1 aliphatic rings. The summed E-state index contributed by atoms with van der Waals surface area (Å²) in [6.07, 6.45) is 0. The number of rotatable bonds is 6. The van der Waals surface area contributed by atoms with E-state index >= 15 is 0 Å². The molecule has 2 amide bonds. The van der Waals surface area contributed by atoms with Gasteiger partial charge in [-0.3, -0.25) is 14.5 Å². The molecule has 0 radical (unpaired) electrons. The number of amides is 2. The molecule has 7 nitrogen and oxygen atoms in total. The fourth-order valence-electron chi connectivity index (χ4n) is 2.47. The van der Waals surface area contributed by atoms with E-state index in [1.807, 2.05) is 0 Å². The van der Waals surface area contributed by atoms with Crippen molar-refractivity contribution in [2.24, 2.45) is 0 Å². The third-order valence-electron chi connectivity index (χ3n) is 3.58. The molecule has 1 fully saturated rings. The largest absolute Gasteiger partial charge is 0.350 e. The molecule has 0 spiro atoms. The Labute approximate surface area is 156 Å². The van der Waals surface area contributed by atoms with Crippen LogP contribution in [0.5, 0.6) is 0 Å². The van der Waals surface area contributed by atoms with Gasteiger partial charge < -0.3 is 10.6 Å². The standard InChI is InChI=1S/C15H19Cl2N3O4S/c1-20(6-14(21)18-11-4-2-10(16)3-5-11)7-15(22)19-13-9-25(23,24)8-12(13)17/h2-5,12-13H,6-9H2,1H3,(H,18,21)(H,19,22)/t12-,13+/m0/s1.